The van der Waals surface area contributed by atoms with Crippen LogP contribution in [0.2, 0.25) is 0 Å². The SMILES string of the molecule is O=C(CC12CC3CC(CC(C3)C1)C2)Nc1cccc2c1C(=O)c1ccccc1C2=O. The highest BCUT2D eigenvalue weighted by atomic mass is 16.2. The Labute approximate surface area is 176 Å². The lowest BCUT2D eigenvalue weighted by Crippen LogP contribution is -2.47. The Hall–Kier alpha value is -2.75. The highest BCUT2D eigenvalue weighted by Gasteiger charge is 2.51. The maximum Gasteiger partial charge on any atom is 0.224 e. The average Bonchev–Trinajstić information content (AvgIpc) is 2.70. The zero-order valence-electron chi connectivity index (χ0n) is 16.9. The van der Waals surface area contributed by atoms with Crippen LogP contribution in [-0.2, 0) is 4.79 Å². The molecule has 5 aliphatic rings. The van der Waals surface area contributed by atoms with Gasteiger partial charge in [-0.25, -0.2) is 0 Å². The van der Waals surface area contributed by atoms with E-state index in [1.807, 2.05) is 0 Å². The Balaban J connectivity index is 1.28. The molecule has 4 fully saturated rings. The van der Waals surface area contributed by atoms with Gasteiger partial charge in [-0.05, 0) is 67.8 Å². The van der Waals surface area contributed by atoms with Crippen LogP contribution in [0.25, 0.3) is 0 Å². The Kier molecular flexibility index (Phi) is 3.83. The molecule has 5 aliphatic carbocycles. The van der Waals surface area contributed by atoms with Crippen LogP contribution in [0.5, 0.6) is 0 Å². The van der Waals surface area contributed by atoms with Gasteiger partial charge >= 0.3 is 0 Å². The summed E-state index contributed by atoms with van der Waals surface area (Å²) in [5.74, 6) is 2.02. The number of carbonyl (C=O) groups is 3. The van der Waals surface area contributed by atoms with Crippen molar-refractivity contribution in [2.75, 3.05) is 5.32 Å². The lowest BCUT2D eigenvalue weighted by molar-refractivity contribution is -0.124. The van der Waals surface area contributed by atoms with Gasteiger partial charge in [0, 0.05) is 23.1 Å². The van der Waals surface area contributed by atoms with Gasteiger partial charge in [0.1, 0.15) is 0 Å². The fraction of sp³-hybridized carbons (Fsp3) is 0.423. The Bertz CT molecular complexity index is 1060. The van der Waals surface area contributed by atoms with E-state index < -0.39 is 0 Å². The van der Waals surface area contributed by atoms with Crippen molar-refractivity contribution in [1.29, 1.82) is 0 Å². The van der Waals surface area contributed by atoms with Crippen LogP contribution in [0.4, 0.5) is 5.69 Å². The van der Waals surface area contributed by atoms with Crippen LogP contribution in [0, 0.1) is 23.2 Å². The molecule has 0 atom stereocenters. The highest BCUT2D eigenvalue weighted by molar-refractivity contribution is 6.30. The standard InChI is InChI=1S/C26H25NO3/c28-22(14-26-11-15-8-16(12-26)10-17(9-15)13-26)27-21-7-3-6-20-23(21)25(30)19-5-2-1-4-18(19)24(20)29/h1-7,15-17H,8-14H2,(H,27,28). The van der Waals surface area contributed by atoms with E-state index in [9.17, 15) is 14.4 Å². The first kappa shape index (κ1) is 18.1. The molecule has 2 aromatic carbocycles. The van der Waals surface area contributed by atoms with E-state index in [0.717, 1.165) is 17.8 Å². The topological polar surface area (TPSA) is 63.2 Å². The number of hydrogen-bond acceptors (Lipinski definition) is 3. The Morgan fingerprint density at radius 1 is 0.800 bits per heavy atom. The summed E-state index contributed by atoms with van der Waals surface area (Å²) in [6, 6.07) is 12.1. The third-order valence-corrected chi connectivity index (χ3v) is 7.93. The number of nitrogens with one attached hydrogen (secondary N) is 1. The normalized spacial score (nSPS) is 30.7. The predicted octanol–water partition coefficient (Wildman–Crippen LogP) is 5.01. The Morgan fingerprint density at radius 3 is 2.00 bits per heavy atom. The summed E-state index contributed by atoms with van der Waals surface area (Å²) in [6.45, 7) is 0. The highest BCUT2D eigenvalue weighted by Crippen LogP contribution is 2.61. The summed E-state index contributed by atoms with van der Waals surface area (Å²) in [7, 11) is 0. The van der Waals surface area contributed by atoms with Gasteiger partial charge in [-0.1, -0.05) is 36.4 Å². The smallest absolute Gasteiger partial charge is 0.224 e. The van der Waals surface area contributed by atoms with Gasteiger partial charge in [-0.2, -0.15) is 0 Å². The molecule has 0 heterocycles. The molecule has 4 heteroatoms. The number of rotatable bonds is 3. The summed E-state index contributed by atoms with van der Waals surface area (Å²) in [5, 5.41) is 3.01. The second-order valence-corrected chi connectivity index (χ2v) is 10.1. The minimum atomic E-state index is -0.189. The quantitative estimate of drug-likeness (QED) is 0.674. The number of hydrogen-bond donors (Lipinski definition) is 1. The molecule has 1 N–H and O–H groups in total. The van der Waals surface area contributed by atoms with E-state index in [0.29, 0.717) is 34.4 Å². The molecule has 0 unspecified atom stereocenters. The van der Waals surface area contributed by atoms with Crippen molar-refractivity contribution in [3.05, 3.63) is 64.7 Å². The summed E-state index contributed by atoms with van der Waals surface area (Å²) >= 11 is 0. The van der Waals surface area contributed by atoms with Gasteiger partial charge in [0.25, 0.3) is 0 Å². The van der Waals surface area contributed by atoms with E-state index in [2.05, 4.69) is 5.32 Å². The molecule has 30 heavy (non-hydrogen) atoms. The second-order valence-electron chi connectivity index (χ2n) is 10.1. The Morgan fingerprint density at radius 2 is 1.37 bits per heavy atom. The number of benzene rings is 2. The first-order valence-corrected chi connectivity index (χ1v) is 11.1. The van der Waals surface area contributed by atoms with Crippen LogP contribution in [-0.4, -0.2) is 17.5 Å². The molecule has 4 saturated carbocycles. The van der Waals surface area contributed by atoms with Crippen molar-refractivity contribution in [3.63, 3.8) is 0 Å². The molecule has 0 radical (unpaired) electrons. The molecule has 152 valence electrons. The van der Waals surface area contributed by atoms with Crippen molar-refractivity contribution in [2.24, 2.45) is 23.2 Å². The maximum absolute atomic E-state index is 13.2. The number of amides is 1. The van der Waals surface area contributed by atoms with Gasteiger partial charge < -0.3 is 5.32 Å². The zero-order valence-corrected chi connectivity index (χ0v) is 16.9. The molecular formula is C26H25NO3. The third kappa shape index (κ3) is 2.69. The maximum atomic E-state index is 13.2. The largest absolute Gasteiger partial charge is 0.325 e. The minimum absolute atomic E-state index is 0.0237. The third-order valence-electron chi connectivity index (χ3n) is 7.93. The minimum Gasteiger partial charge on any atom is -0.325 e. The summed E-state index contributed by atoms with van der Waals surface area (Å²) in [4.78, 5) is 39.2. The molecule has 1 amide bonds. The van der Waals surface area contributed by atoms with E-state index in [1.165, 1.54) is 38.5 Å². The zero-order chi connectivity index (χ0) is 20.5. The second kappa shape index (κ2) is 6.37. The van der Waals surface area contributed by atoms with Gasteiger partial charge in [0.05, 0.1) is 11.3 Å². The van der Waals surface area contributed by atoms with Crippen molar-refractivity contribution in [1.82, 2.24) is 0 Å². The molecular weight excluding hydrogens is 374 g/mol. The van der Waals surface area contributed by atoms with Crippen LogP contribution >= 0.6 is 0 Å². The lowest BCUT2D eigenvalue weighted by atomic mass is 9.49. The van der Waals surface area contributed by atoms with Gasteiger partial charge in [0.2, 0.25) is 5.91 Å². The predicted molar refractivity (Wildman–Crippen MR) is 114 cm³/mol. The average molecular weight is 399 g/mol. The number of ketones is 2. The first-order valence-electron chi connectivity index (χ1n) is 11.1. The molecule has 4 bridgehead atoms. The molecule has 0 aromatic heterocycles. The van der Waals surface area contributed by atoms with Gasteiger partial charge in [-0.3, -0.25) is 14.4 Å². The summed E-state index contributed by atoms with van der Waals surface area (Å²) < 4.78 is 0. The van der Waals surface area contributed by atoms with Crippen molar-refractivity contribution in [3.8, 4) is 0 Å². The molecule has 7 rings (SSSR count). The fourth-order valence-electron chi connectivity index (χ4n) is 7.29. The van der Waals surface area contributed by atoms with E-state index >= 15 is 0 Å². The van der Waals surface area contributed by atoms with Gasteiger partial charge in [-0.15, -0.1) is 0 Å². The monoisotopic (exact) mass is 399 g/mol. The molecule has 4 nitrogen and oxygen atoms in total. The van der Waals surface area contributed by atoms with E-state index in [1.54, 1.807) is 42.5 Å². The van der Waals surface area contributed by atoms with Crippen LogP contribution in [0.1, 0.15) is 76.8 Å². The van der Waals surface area contributed by atoms with Crippen LogP contribution in [0.15, 0.2) is 42.5 Å². The van der Waals surface area contributed by atoms with Crippen molar-refractivity contribution < 1.29 is 14.4 Å². The summed E-state index contributed by atoms with van der Waals surface area (Å²) in [5.41, 5.74) is 2.17. The molecule has 0 saturated heterocycles. The fourth-order valence-corrected chi connectivity index (χ4v) is 7.29. The number of fused-ring (bicyclic) bond motifs is 2. The molecule has 2 aromatic rings. The molecule has 0 spiro atoms. The summed E-state index contributed by atoms with van der Waals surface area (Å²) in [6.07, 6.45) is 8.09. The molecule has 0 aliphatic heterocycles. The van der Waals surface area contributed by atoms with Crippen LogP contribution < -0.4 is 5.32 Å². The lowest BCUT2D eigenvalue weighted by Gasteiger charge is -2.56. The van der Waals surface area contributed by atoms with E-state index in [-0.39, 0.29) is 22.9 Å². The first-order chi connectivity index (χ1) is 14.5. The number of anilines is 1. The van der Waals surface area contributed by atoms with Crippen molar-refractivity contribution >= 4 is 23.2 Å². The number of carbonyl (C=O) groups excluding carboxylic acids is 3. The van der Waals surface area contributed by atoms with E-state index in [4.69, 9.17) is 0 Å². The van der Waals surface area contributed by atoms with Gasteiger partial charge in [0.15, 0.2) is 11.6 Å². The van der Waals surface area contributed by atoms with Crippen LogP contribution in [0.3, 0.4) is 0 Å². The van der Waals surface area contributed by atoms with Crippen molar-refractivity contribution in [2.45, 2.75) is 44.9 Å².